The Balaban J connectivity index is 3.33. The molecule has 0 fully saturated rings. The van der Waals surface area contributed by atoms with E-state index in [0.29, 0.717) is 0 Å². The molecule has 0 aliphatic heterocycles. The van der Waals surface area contributed by atoms with Crippen molar-refractivity contribution in [1.82, 2.24) is 0 Å². The van der Waals surface area contributed by atoms with Crippen molar-refractivity contribution in [3.05, 3.63) is 23.9 Å². The molecule has 0 unspecified atom stereocenters. The second kappa shape index (κ2) is 2.35. The van der Waals surface area contributed by atoms with E-state index in [2.05, 4.69) is 4.99 Å². The fraction of sp³-hybridized carbons (Fsp3) is 0.167. The summed E-state index contributed by atoms with van der Waals surface area (Å²) in [5, 5.41) is 8.92. The van der Waals surface area contributed by atoms with Gasteiger partial charge in [-0.2, -0.15) is 0 Å². The number of aromatic hydroxyl groups is 1. The van der Waals surface area contributed by atoms with Crippen LogP contribution in [0.1, 0.15) is 0 Å². The zero-order valence-electron chi connectivity index (χ0n) is 5.03. The molecule has 9 heavy (non-hydrogen) atoms. The molecule has 0 aliphatic rings. The standard InChI is InChI=1S/C6H7NO2/c1-7-6-5(8)3-2-4-9-6/h2-4,8H,1H3/b7-6+. The molecule has 0 saturated carbocycles. The first-order chi connectivity index (χ1) is 4.34. The fourth-order valence-corrected chi connectivity index (χ4v) is 0.533. The molecule has 1 N–H and O–H groups in total. The normalized spacial score (nSPS) is 11.9. The SMILES string of the molecule is C/N=c1/occcc1O. The van der Waals surface area contributed by atoms with Crippen molar-refractivity contribution in [2.75, 3.05) is 7.05 Å². The van der Waals surface area contributed by atoms with E-state index in [-0.39, 0.29) is 11.3 Å². The van der Waals surface area contributed by atoms with Crippen LogP contribution in [0.15, 0.2) is 27.8 Å². The average Bonchev–Trinajstić information content (AvgIpc) is 1.89. The third kappa shape index (κ3) is 1.10. The van der Waals surface area contributed by atoms with Crippen molar-refractivity contribution < 1.29 is 9.52 Å². The molecule has 0 aromatic carbocycles. The highest BCUT2D eigenvalue weighted by Crippen LogP contribution is 1.95. The minimum absolute atomic E-state index is 0.0694. The first kappa shape index (κ1) is 5.88. The fourth-order valence-electron chi connectivity index (χ4n) is 0.533. The molecule has 1 rings (SSSR count). The van der Waals surface area contributed by atoms with Gasteiger partial charge in [0.1, 0.15) is 0 Å². The van der Waals surface area contributed by atoms with Gasteiger partial charge in [-0.05, 0) is 12.1 Å². The van der Waals surface area contributed by atoms with E-state index in [9.17, 15) is 0 Å². The molecule has 3 heteroatoms. The summed E-state index contributed by atoms with van der Waals surface area (Å²) >= 11 is 0. The van der Waals surface area contributed by atoms with Gasteiger partial charge in [-0.15, -0.1) is 0 Å². The van der Waals surface area contributed by atoms with Gasteiger partial charge in [0.2, 0.25) is 0 Å². The van der Waals surface area contributed by atoms with Crippen LogP contribution in [0.3, 0.4) is 0 Å². The lowest BCUT2D eigenvalue weighted by Gasteiger charge is -1.87. The van der Waals surface area contributed by atoms with Crippen LogP contribution in [0.5, 0.6) is 5.75 Å². The van der Waals surface area contributed by atoms with Crippen LogP contribution in [0.25, 0.3) is 0 Å². The summed E-state index contributed by atoms with van der Waals surface area (Å²) in [5.74, 6) is 0.0694. The Morgan fingerprint density at radius 2 is 2.44 bits per heavy atom. The van der Waals surface area contributed by atoms with Crippen LogP contribution in [-0.4, -0.2) is 12.2 Å². The Bertz CT molecular complexity index is 251. The minimum atomic E-state index is 0.0694. The third-order valence-electron chi connectivity index (χ3n) is 0.935. The number of rotatable bonds is 0. The number of nitrogens with zero attached hydrogens (tertiary/aromatic N) is 1. The van der Waals surface area contributed by atoms with E-state index in [0.717, 1.165) is 0 Å². The summed E-state index contributed by atoms with van der Waals surface area (Å²) in [6, 6.07) is 3.12. The van der Waals surface area contributed by atoms with Gasteiger partial charge in [0, 0.05) is 7.05 Å². The Labute approximate surface area is 52.3 Å². The van der Waals surface area contributed by atoms with Gasteiger partial charge in [-0.1, -0.05) is 0 Å². The Morgan fingerprint density at radius 1 is 1.67 bits per heavy atom. The van der Waals surface area contributed by atoms with Crippen molar-refractivity contribution in [1.29, 1.82) is 0 Å². The highest BCUT2D eigenvalue weighted by Gasteiger charge is 1.88. The molecule has 0 spiro atoms. The summed E-state index contributed by atoms with van der Waals surface area (Å²) in [4.78, 5) is 3.65. The van der Waals surface area contributed by atoms with Gasteiger partial charge in [0.25, 0.3) is 5.55 Å². The topological polar surface area (TPSA) is 45.7 Å². The van der Waals surface area contributed by atoms with Crippen molar-refractivity contribution in [2.45, 2.75) is 0 Å². The van der Waals surface area contributed by atoms with E-state index in [1.807, 2.05) is 0 Å². The van der Waals surface area contributed by atoms with E-state index >= 15 is 0 Å². The van der Waals surface area contributed by atoms with Crippen molar-refractivity contribution in [2.24, 2.45) is 4.99 Å². The Hall–Kier alpha value is -1.25. The Kier molecular flexibility index (Phi) is 1.53. The summed E-state index contributed by atoms with van der Waals surface area (Å²) in [6.45, 7) is 0. The maximum atomic E-state index is 8.92. The van der Waals surface area contributed by atoms with Crippen LogP contribution in [0.4, 0.5) is 0 Å². The summed E-state index contributed by atoms with van der Waals surface area (Å²) in [6.07, 6.45) is 1.46. The lowest BCUT2D eigenvalue weighted by atomic mass is 10.5. The maximum Gasteiger partial charge on any atom is 0.256 e. The minimum Gasteiger partial charge on any atom is -0.503 e. The summed E-state index contributed by atoms with van der Waals surface area (Å²) in [7, 11) is 1.55. The molecule has 0 saturated heterocycles. The van der Waals surface area contributed by atoms with Gasteiger partial charge in [0.15, 0.2) is 5.75 Å². The predicted octanol–water partition coefficient (Wildman–Crippen LogP) is 0.516. The van der Waals surface area contributed by atoms with Crippen molar-refractivity contribution >= 4 is 0 Å². The largest absolute Gasteiger partial charge is 0.503 e. The molecule has 3 nitrogen and oxygen atoms in total. The molecule has 0 atom stereocenters. The second-order valence-electron chi connectivity index (χ2n) is 1.53. The first-order valence-electron chi connectivity index (χ1n) is 2.54. The summed E-state index contributed by atoms with van der Waals surface area (Å²) in [5.41, 5.74) is 0.262. The molecular weight excluding hydrogens is 118 g/mol. The van der Waals surface area contributed by atoms with E-state index < -0.39 is 0 Å². The van der Waals surface area contributed by atoms with Gasteiger partial charge in [-0.3, -0.25) is 4.99 Å². The number of hydrogen-bond acceptors (Lipinski definition) is 3. The monoisotopic (exact) mass is 125 g/mol. The van der Waals surface area contributed by atoms with Crippen LogP contribution in [0, 0.1) is 0 Å². The summed E-state index contributed by atoms with van der Waals surface area (Å²) < 4.78 is 4.79. The third-order valence-corrected chi connectivity index (χ3v) is 0.935. The highest BCUT2D eigenvalue weighted by atomic mass is 16.3. The van der Waals surface area contributed by atoms with Crippen LogP contribution in [0.2, 0.25) is 0 Å². The van der Waals surface area contributed by atoms with Crippen LogP contribution < -0.4 is 5.55 Å². The zero-order valence-corrected chi connectivity index (χ0v) is 5.03. The lowest BCUT2D eigenvalue weighted by Crippen LogP contribution is -1.97. The molecule has 0 aliphatic carbocycles. The highest BCUT2D eigenvalue weighted by molar-refractivity contribution is 5.10. The molecule has 0 bridgehead atoms. The molecule has 48 valence electrons. The smallest absolute Gasteiger partial charge is 0.256 e. The van der Waals surface area contributed by atoms with Crippen molar-refractivity contribution in [3.8, 4) is 5.75 Å². The Morgan fingerprint density at radius 3 is 2.89 bits per heavy atom. The van der Waals surface area contributed by atoms with Gasteiger partial charge >= 0.3 is 0 Å². The van der Waals surface area contributed by atoms with Crippen LogP contribution in [-0.2, 0) is 0 Å². The molecule has 1 aromatic rings. The quantitative estimate of drug-likeness (QED) is 0.549. The van der Waals surface area contributed by atoms with Crippen molar-refractivity contribution in [3.63, 3.8) is 0 Å². The maximum absolute atomic E-state index is 8.92. The molecule has 0 amide bonds. The average molecular weight is 125 g/mol. The number of hydrogen-bond donors (Lipinski definition) is 1. The lowest BCUT2D eigenvalue weighted by molar-refractivity contribution is 0.402. The molecular formula is C6H7NO2. The van der Waals surface area contributed by atoms with Gasteiger partial charge in [0.05, 0.1) is 6.26 Å². The van der Waals surface area contributed by atoms with E-state index in [1.165, 1.54) is 12.3 Å². The van der Waals surface area contributed by atoms with E-state index in [1.54, 1.807) is 13.1 Å². The molecule has 1 aromatic heterocycles. The van der Waals surface area contributed by atoms with Crippen LogP contribution >= 0.6 is 0 Å². The van der Waals surface area contributed by atoms with Gasteiger partial charge < -0.3 is 9.52 Å². The van der Waals surface area contributed by atoms with E-state index in [4.69, 9.17) is 9.52 Å². The zero-order chi connectivity index (χ0) is 6.69. The molecule has 1 heterocycles. The van der Waals surface area contributed by atoms with Gasteiger partial charge in [-0.25, -0.2) is 0 Å². The second-order valence-corrected chi connectivity index (χ2v) is 1.53. The first-order valence-corrected chi connectivity index (χ1v) is 2.54. The molecule has 0 radical (unpaired) electrons. The predicted molar refractivity (Wildman–Crippen MR) is 31.9 cm³/mol.